The largest absolute Gasteiger partial charge is 0.391 e. The van der Waals surface area contributed by atoms with E-state index >= 15 is 0 Å². The topological polar surface area (TPSA) is 38.0 Å². The van der Waals surface area contributed by atoms with Crippen molar-refractivity contribution >= 4 is 0 Å². The molecule has 1 fully saturated rings. The predicted octanol–water partition coefficient (Wildman–Crippen LogP) is 0.969. The Morgan fingerprint density at radius 3 is 2.91 bits per heavy atom. The zero-order chi connectivity index (χ0) is 7.68. The second-order valence-corrected chi connectivity index (χ2v) is 3.05. The maximum Gasteiger partial charge on any atom is 0.0778 e. The molecule has 1 aromatic rings. The van der Waals surface area contributed by atoms with Crippen LogP contribution in [0.1, 0.15) is 25.3 Å². The Kier molecular flexibility index (Phi) is 1.66. The molecule has 0 bridgehead atoms. The van der Waals surface area contributed by atoms with Crippen molar-refractivity contribution in [3.63, 3.8) is 0 Å². The first-order valence-electron chi connectivity index (χ1n) is 4.05. The van der Waals surface area contributed by atoms with Crippen molar-refractivity contribution in [2.75, 3.05) is 0 Å². The van der Waals surface area contributed by atoms with E-state index in [2.05, 4.69) is 5.10 Å². The Labute approximate surface area is 65.7 Å². The molecular weight excluding hydrogens is 140 g/mol. The third-order valence-corrected chi connectivity index (χ3v) is 2.31. The highest BCUT2D eigenvalue weighted by molar-refractivity contribution is 4.87. The highest BCUT2D eigenvalue weighted by Crippen LogP contribution is 2.28. The van der Waals surface area contributed by atoms with Gasteiger partial charge in [0.25, 0.3) is 0 Å². The van der Waals surface area contributed by atoms with Crippen molar-refractivity contribution in [3.05, 3.63) is 18.5 Å². The molecule has 1 heterocycles. The molecule has 0 radical (unpaired) electrons. The summed E-state index contributed by atoms with van der Waals surface area (Å²) in [4.78, 5) is 0. The van der Waals surface area contributed by atoms with Crippen molar-refractivity contribution < 1.29 is 5.11 Å². The summed E-state index contributed by atoms with van der Waals surface area (Å²) in [5.41, 5.74) is 0. The minimum Gasteiger partial charge on any atom is -0.391 e. The summed E-state index contributed by atoms with van der Waals surface area (Å²) in [6, 6.07) is 2.12. The smallest absolute Gasteiger partial charge is 0.0778 e. The Morgan fingerprint density at radius 1 is 1.45 bits per heavy atom. The third-order valence-electron chi connectivity index (χ3n) is 2.31. The summed E-state index contributed by atoms with van der Waals surface area (Å²) < 4.78 is 1.86. The molecular formula is C8H12N2O. The fourth-order valence-corrected chi connectivity index (χ4v) is 1.71. The lowest BCUT2D eigenvalue weighted by molar-refractivity contribution is 0.130. The number of aliphatic hydroxyl groups excluding tert-OH is 1. The van der Waals surface area contributed by atoms with Gasteiger partial charge in [0.2, 0.25) is 0 Å². The van der Waals surface area contributed by atoms with Crippen LogP contribution in [0, 0.1) is 0 Å². The average Bonchev–Trinajstić information content (AvgIpc) is 2.55. The van der Waals surface area contributed by atoms with Crippen LogP contribution >= 0.6 is 0 Å². The molecule has 1 aliphatic rings. The van der Waals surface area contributed by atoms with E-state index in [0.29, 0.717) is 0 Å². The first-order valence-corrected chi connectivity index (χ1v) is 4.05. The standard InChI is InChI=1S/C8H12N2O/c11-8-4-1-3-7(8)10-6-2-5-9-10/h2,5-8,11H,1,3-4H2/t7-,8-/m0/s1. The third kappa shape index (κ3) is 1.16. The summed E-state index contributed by atoms with van der Waals surface area (Å²) in [5.74, 6) is 0. The van der Waals surface area contributed by atoms with Crippen LogP contribution in [0.25, 0.3) is 0 Å². The number of aliphatic hydroxyl groups is 1. The second-order valence-electron chi connectivity index (χ2n) is 3.05. The molecule has 11 heavy (non-hydrogen) atoms. The van der Waals surface area contributed by atoms with Gasteiger partial charge >= 0.3 is 0 Å². The highest BCUT2D eigenvalue weighted by Gasteiger charge is 2.26. The molecule has 0 aliphatic heterocycles. The molecule has 1 aromatic heterocycles. The van der Waals surface area contributed by atoms with E-state index in [1.807, 2.05) is 16.9 Å². The van der Waals surface area contributed by atoms with Crippen molar-refractivity contribution in [1.82, 2.24) is 9.78 Å². The summed E-state index contributed by atoms with van der Waals surface area (Å²) in [7, 11) is 0. The minimum absolute atomic E-state index is 0.185. The normalized spacial score (nSPS) is 31.0. The van der Waals surface area contributed by atoms with Gasteiger partial charge in [0.05, 0.1) is 12.1 Å². The van der Waals surface area contributed by atoms with Crippen molar-refractivity contribution in [3.8, 4) is 0 Å². The number of hydrogen-bond acceptors (Lipinski definition) is 2. The summed E-state index contributed by atoms with van der Waals surface area (Å²) in [6.45, 7) is 0. The molecule has 0 spiro atoms. The van der Waals surface area contributed by atoms with Crippen molar-refractivity contribution in [2.24, 2.45) is 0 Å². The number of nitrogens with zero attached hydrogens (tertiary/aromatic N) is 2. The van der Waals surface area contributed by atoms with Gasteiger partial charge in [0.1, 0.15) is 0 Å². The Morgan fingerprint density at radius 2 is 2.36 bits per heavy atom. The number of rotatable bonds is 1. The first-order chi connectivity index (χ1) is 5.38. The van der Waals surface area contributed by atoms with Crippen LogP contribution in [-0.2, 0) is 0 Å². The molecule has 1 N–H and O–H groups in total. The van der Waals surface area contributed by atoms with Crippen LogP contribution in [0.4, 0.5) is 0 Å². The van der Waals surface area contributed by atoms with E-state index < -0.39 is 0 Å². The van der Waals surface area contributed by atoms with Gasteiger partial charge in [-0.3, -0.25) is 4.68 Å². The Balaban J connectivity index is 2.16. The quantitative estimate of drug-likeness (QED) is 0.651. The van der Waals surface area contributed by atoms with Crippen LogP contribution in [0.3, 0.4) is 0 Å². The maximum absolute atomic E-state index is 9.50. The van der Waals surface area contributed by atoms with Crippen LogP contribution in [0.5, 0.6) is 0 Å². The first kappa shape index (κ1) is 6.85. The predicted molar refractivity (Wildman–Crippen MR) is 41.1 cm³/mol. The molecule has 3 nitrogen and oxygen atoms in total. The Bertz CT molecular complexity index is 220. The van der Waals surface area contributed by atoms with Gasteiger partial charge in [0, 0.05) is 12.4 Å². The van der Waals surface area contributed by atoms with Gasteiger partial charge in [-0.2, -0.15) is 5.10 Å². The summed E-state index contributed by atoms with van der Waals surface area (Å²) >= 11 is 0. The minimum atomic E-state index is -0.185. The lowest BCUT2D eigenvalue weighted by atomic mass is 10.2. The summed E-state index contributed by atoms with van der Waals surface area (Å²) in [6.07, 6.45) is 6.58. The summed E-state index contributed by atoms with van der Waals surface area (Å²) in [5, 5.41) is 13.6. The highest BCUT2D eigenvalue weighted by atomic mass is 16.3. The van der Waals surface area contributed by atoms with Gasteiger partial charge in [0.15, 0.2) is 0 Å². The Hall–Kier alpha value is -0.830. The average molecular weight is 152 g/mol. The van der Waals surface area contributed by atoms with Crippen LogP contribution < -0.4 is 0 Å². The molecule has 1 aliphatic carbocycles. The number of hydrogen-bond donors (Lipinski definition) is 1. The molecule has 3 heteroatoms. The van der Waals surface area contributed by atoms with E-state index in [4.69, 9.17) is 0 Å². The molecule has 2 rings (SSSR count). The van der Waals surface area contributed by atoms with Gasteiger partial charge in [-0.05, 0) is 25.3 Å². The van der Waals surface area contributed by atoms with E-state index in [0.717, 1.165) is 19.3 Å². The van der Waals surface area contributed by atoms with Gasteiger partial charge < -0.3 is 5.11 Å². The SMILES string of the molecule is O[C@H]1CCC[C@@H]1n1cccn1. The molecule has 0 unspecified atom stereocenters. The van der Waals surface area contributed by atoms with Crippen molar-refractivity contribution in [1.29, 1.82) is 0 Å². The van der Waals surface area contributed by atoms with E-state index in [-0.39, 0.29) is 12.1 Å². The fraction of sp³-hybridized carbons (Fsp3) is 0.625. The molecule has 0 amide bonds. The maximum atomic E-state index is 9.50. The number of aromatic nitrogens is 2. The molecule has 2 atom stereocenters. The lowest BCUT2D eigenvalue weighted by Crippen LogP contribution is -2.18. The fourth-order valence-electron chi connectivity index (χ4n) is 1.71. The van der Waals surface area contributed by atoms with Crippen LogP contribution in [-0.4, -0.2) is 21.0 Å². The van der Waals surface area contributed by atoms with Crippen LogP contribution in [0.15, 0.2) is 18.5 Å². The van der Waals surface area contributed by atoms with Gasteiger partial charge in [-0.15, -0.1) is 0 Å². The van der Waals surface area contributed by atoms with Gasteiger partial charge in [-0.1, -0.05) is 0 Å². The zero-order valence-electron chi connectivity index (χ0n) is 6.35. The van der Waals surface area contributed by atoms with Gasteiger partial charge in [-0.25, -0.2) is 0 Å². The molecule has 0 aromatic carbocycles. The van der Waals surface area contributed by atoms with E-state index in [9.17, 15) is 5.11 Å². The molecule has 60 valence electrons. The van der Waals surface area contributed by atoms with Crippen LogP contribution in [0.2, 0.25) is 0 Å². The zero-order valence-corrected chi connectivity index (χ0v) is 6.35. The lowest BCUT2D eigenvalue weighted by Gasteiger charge is -2.14. The molecule has 0 saturated heterocycles. The molecule has 1 saturated carbocycles. The monoisotopic (exact) mass is 152 g/mol. The van der Waals surface area contributed by atoms with E-state index in [1.165, 1.54) is 0 Å². The van der Waals surface area contributed by atoms with Crippen molar-refractivity contribution in [2.45, 2.75) is 31.4 Å². The second kappa shape index (κ2) is 2.66. The van der Waals surface area contributed by atoms with E-state index in [1.54, 1.807) is 6.20 Å².